The van der Waals surface area contributed by atoms with Gasteiger partial charge in [0.05, 0.1) is 23.2 Å². The molecule has 1 aromatic carbocycles. The third-order valence-corrected chi connectivity index (χ3v) is 7.14. The molecule has 8 nitrogen and oxygen atoms in total. The van der Waals surface area contributed by atoms with Crippen molar-refractivity contribution in [2.45, 2.75) is 64.4 Å². The summed E-state index contributed by atoms with van der Waals surface area (Å²) < 4.78 is 54.0. The van der Waals surface area contributed by atoms with Gasteiger partial charge in [-0.25, -0.2) is 9.78 Å². The monoisotopic (exact) mass is 522 g/mol. The molecule has 4 heterocycles. The number of alkyl halides is 3. The SMILES string of the molecule is CC(=O)c1cc(-c2nccs2)c2oc(N3CC4CCC(C3)N4C(=O)OC(C)(C)C)nc2c1C(F)(F)F. The number of nitrogens with zero attached hydrogens (tertiary/aromatic N) is 4. The summed E-state index contributed by atoms with van der Waals surface area (Å²) >= 11 is 1.23. The van der Waals surface area contributed by atoms with Crippen molar-refractivity contribution in [3.63, 3.8) is 0 Å². The van der Waals surface area contributed by atoms with Gasteiger partial charge in [-0.1, -0.05) is 0 Å². The molecule has 0 saturated carbocycles. The molecule has 1 amide bonds. The van der Waals surface area contributed by atoms with E-state index in [1.165, 1.54) is 23.6 Å². The largest absolute Gasteiger partial charge is 0.444 e. The predicted molar refractivity (Wildman–Crippen MR) is 127 cm³/mol. The summed E-state index contributed by atoms with van der Waals surface area (Å²) in [5.74, 6) is -0.726. The highest BCUT2D eigenvalue weighted by Gasteiger charge is 2.46. The summed E-state index contributed by atoms with van der Waals surface area (Å²) in [6, 6.07) is 0.851. The fourth-order valence-electron chi connectivity index (χ4n) is 4.96. The molecule has 2 fully saturated rings. The smallest absolute Gasteiger partial charge is 0.419 e. The van der Waals surface area contributed by atoms with E-state index in [-0.39, 0.29) is 29.2 Å². The number of hydrogen-bond acceptors (Lipinski definition) is 8. The maximum Gasteiger partial charge on any atom is 0.419 e. The first-order valence-corrected chi connectivity index (χ1v) is 12.4. The lowest BCUT2D eigenvalue weighted by molar-refractivity contribution is -0.136. The maximum absolute atomic E-state index is 14.2. The van der Waals surface area contributed by atoms with E-state index < -0.39 is 40.3 Å². The molecular formula is C24H25F3N4O4S. The fraction of sp³-hybridized carbons (Fsp3) is 0.500. The standard InChI is InChI=1S/C24H25F3N4O4S/c1-12(32)15-9-16(20-28-7-8-36-20)19-18(17(15)24(25,26)27)29-21(34-19)30-10-13-5-6-14(11-30)31(13)22(33)35-23(2,3)4/h7-9,13-14H,5-6,10-11H2,1-4H3. The zero-order valence-electron chi connectivity index (χ0n) is 20.2. The van der Waals surface area contributed by atoms with Crippen LogP contribution in [0.1, 0.15) is 56.5 Å². The van der Waals surface area contributed by atoms with E-state index in [0.717, 1.165) is 19.8 Å². The lowest BCUT2D eigenvalue weighted by Gasteiger charge is -2.40. The van der Waals surface area contributed by atoms with Crippen LogP contribution in [0.2, 0.25) is 0 Å². The molecule has 2 bridgehead atoms. The Morgan fingerprint density at radius 3 is 2.36 bits per heavy atom. The van der Waals surface area contributed by atoms with Crippen LogP contribution >= 0.6 is 11.3 Å². The van der Waals surface area contributed by atoms with Gasteiger partial charge in [0.1, 0.15) is 16.1 Å². The van der Waals surface area contributed by atoms with Crippen molar-refractivity contribution in [2.75, 3.05) is 18.0 Å². The molecule has 36 heavy (non-hydrogen) atoms. The van der Waals surface area contributed by atoms with Crippen LogP contribution in [-0.4, -0.2) is 57.5 Å². The maximum atomic E-state index is 14.2. The Bertz CT molecular complexity index is 1320. The number of ketones is 1. The number of hydrogen-bond donors (Lipinski definition) is 0. The van der Waals surface area contributed by atoms with Crippen molar-refractivity contribution in [1.29, 1.82) is 0 Å². The van der Waals surface area contributed by atoms with Gasteiger partial charge in [-0.15, -0.1) is 11.3 Å². The van der Waals surface area contributed by atoms with Crippen molar-refractivity contribution >= 4 is 40.3 Å². The Balaban J connectivity index is 1.57. The number of carbonyl (C=O) groups is 2. The van der Waals surface area contributed by atoms with Crippen LogP contribution in [0, 0.1) is 0 Å². The molecule has 5 rings (SSSR count). The van der Waals surface area contributed by atoms with Gasteiger partial charge in [0, 0.05) is 30.2 Å². The number of Topliss-reactive ketones (excluding diaryl/α,β-unsaturated/α-hetero) is 1. The number of fused-ring (bicyclic) bond motifs is 3. The molecule has 0 N–H and O–H groups in total. The fourth-order valence-corrected chi connectivity index (χ4v) is 5.61. The number of ether oxygens (including phenoxy) is 1. The van der Waals surface area contributed by atoms with Crippen molar-refractivity contribution in [1.82, 2.24) is 14.9 Å². The summed E-state index contributed by atoms with van der Waals surface area (Å²) in [6.07, 6.45) is -2.20. The molecule has 2 atom stereocenters. The second-order valence-corrected chi connectivity index (χ2v) is 11.0. The quantitative estimate of drug-likeness (QED) is 0.404. The average molecular weight is 523 g/mol. The molecule has 192 valence electrons. The number of thiazole rings is 1. The highest BCUT2D eigenvalue weighted by molar-refractivity contribution is 7.13. The number of oxazole rings is 1. The second-order valence-electron chi connectivity index (χ2n) is 10.1. The number of rotatable bonds is 3. The van der Waals surface area contributed by atoms with E-state index in [4.69, 9.17) is 9.15 Å². The van der Waals surface area contributed by atoms with Crippen LogP contribution in [0.15, 0.2) is 22.1 Å². The van der Waals surface area contributed by atoms with Gasteiger partial charge in [0.25, 0.3) is 6.01 Å². The molecule has 2 unspecified atom stereocenters. The second kappa shape index (κ2) is 8.46. The number of benzene rings is 1. The van der Waals surface area contributed by atoms with Crippen LogP contribution in [-0.2, 0) is 10.9 Å². The Kier molecular flexibility index (Phi) is 5.77. The Morgan fingerprint density at radius 2 is 1.83 bits per heavy atom. The van der Waals surface area contributed by atoms with Gasteiger partial charge in [0.15, 0.2) is 11.4 Å². The van der Waals surface area contributed by atoms with Crippen molar-refractivity contribution < 1.29 is 31.9 Å². The minimum Gasteiger partial charge on any atom is -0.444 e. The molecule has 3 aromatic rings. The number of amides is 1. The first-order chi connectivity index (χ1) is 16.8. The Labute approximate surface area is 209 Å². The van der Waals surface area contributed by atoms with E-state index >= 15 is 0 Å². The molecule has 2 aliphatic heterocycles. The van der Waals surface area contributed by atoms with Crippen molar-refractivity contribution in [2.24, 2.45) is 0 Å². The van der Waals surface area contributed by atoms with Crippen molar-refractivity contribution in [3.8, 4) is 10.6 Å². The predicted octanol–water partition coefficient (Wildman–Crippen LogP) is 5.76. The summed E-state index contributed by atoms with van der Waals surface area (Å²) in [6.45, 7) is 7.18. The lowest BCUT2D eigenvalue weighted by Crippen LogP contribution is -2.56. The average Bonchev–Trinajstić information content (AvgIpc) is 3.48. The van der Waals surface area contributed by atoms with Crippen LogP contribution in [0.25, 0.3) is 21.7 Å². The minimum atomic E-state index is -4.82. The summed E-state index contributed by atoms with van der Waals surface area (Å²) in [4.78, 5) is 37.0. The summed E-state index contributed by atoms with van der Waals surface area (Å²) in [7, 11) is 0. The lowest BCUT2D eigenvalue weighted by atomic mass is 9.98. The highest BCUT2D eigenvalue weighted by Crippen LogP contribution is 2.44. The van der Waals surface area contributed by atoms with Gasteiger partial charge < -0.3 is 14.1 Å². The molecule has 0 aliphatic carbocycles. The molecule has 2 aromatic heterocycles. The van der Waals surface area contributed by atoms with Crippen LogP contribution in [0.3, 0.4) is 0 Å². The first kappa shape index (κ1) is 24.5. The van der Waals surface area contributed by atoms with E-state index in [9.17, 15) is 22.8 Å². The van der Waals surface area contributed by atoms with E-state index in [2.05, 4.69) is 9.97 Å². The van der Waals surface area contributed by atoms with E-state index in [0.29, 0.717) is 18.1 Å². The van der Waals surface area contributed by atoms with Gasteiger partial charge in [-0.2, -0.15) is 18.2 Å². The zero-order valence-corrected chi connectivity index (χ0v) is 21.0. The van der Waals surface area contributed by atoms with E-state index in [1.54, 1.807) is 36.0 Å². The zero-order chi connectivity index (χ0) is 26.0. The van der Waals surface area contributed by atoms with Gasteiger partial charge in [0.2, 0.25) is 0 Å². The Morgan fingerprint density at radius 1 is 1.17 bits per heavy atom. The minimum absolute atomic E-state index is 0.0229. The normalized spacial score (nSPS) is 20.3. The van der Waals surface area contributed by atoms with Crippen molar-refractivity contribution in [3.05, 3.63) is 28.8 Å². The third kappa shape index (κ3) is 4.31. The number of carbonyl (C=O) groups excluding carboxylic acids is 2. The number of aromatic nitrogens is 2. The topological polar surface area (TPSA) is 88.8 Å². The first-order valence-electron chi connectivity index (χ1n) is 11.6. The van der Waals surface area contributed by atoms with E-state index in [1.807, 2.05) is 0 Å². The van der Waals surface area contributed by atoms with Crippen LogP contribution < -0.4 is 4.90 Å². The molecule has 12 heteroatoms. The van der Waals surface area contributed by atoms with Crippen LogP contribution in [0.5, 0.6) is 0 Å². The molecule has 0 radical (unpaired) electrons. The number of halogens is 3. The number of piperazine rings is 1. The molecule has 2 saturated heterocycles. The summed E-state index contributed by atoms with van der Waals surface area (Å²) in [5.41, 5.74) is -2.43. The molecule has 0 spiro atoms. The van der Waals surface area contributed by atoms with Gasteiger partial charge in [-0.3, -0.25) is 9.69 Å². The Hall–Kier alpha value is -3.15. The van der Waals surface area contributed by atoms with Crippen LogP contribution in [0.4, 0.5) is 24.0 Å². The number of anilines is 1. The van der Waals surface area contributed by atoms with Gasteiger partial charge in [-0.05, 0) is 46.6 Å². The summed E-state index contributed by atoms with van der Waals surface area (Å²) in [5, 5.41) is 2.12. The highest BCUT2D eigenvalue weighted by atomic mass is 32.1. The van der Waals surface area contributed by atoms with Gasteiger partial charge >= 0.3 is 12.3 Å². The molecule has 2 aliphatic rings. The molecular weight excluding hydrogens is 497 g/mol. The third-order valence-electron chi connectivity index (χ3n) is 6.34.